The van der Waals surface area contributed by atoms with Crippen LogP contribution in [0.4, 0.5) is 0 Å². The third kappa shape index (κ3) is 11.2. The maximum absolute atomic E-state index is 7.28. The van der Waals surface area contributed by atoms with Crippen molar-refractivity contribution in [2.24, 2.45) is 0 Å². The van der Waals surface area contributed by atoms with Gasteiger partial charge in [-0.3, -0.25) is 0 Å². The van der Waals surface area contributed by atoms with Gasteiger partial charge >= 0.3 is 17.7 Å². The van der Waals surface area contributed by atoms with Gasteiger partial charge < -0.3 is 8.69 Å². The summed E-state index contributed by atoms with van der Waals surface area (Å²) in [6, 6.07) is 5.47. The molecule has 0 radical (unpaired) electrons. The Kier molecular flexibility index (Phi) is 15.1. The lowest BCUT2D eigenvalue weighted by atomic mass is 10.1. The van der Waals surface area contributed by atoms with E-state index in [1.165, 1.54) is 5.19 Å². The van der Waals surface area contributed by atoms with Gasteiger partial charge in [0, 0.05) is 58.8 Å². The van der Waals surface area contributed by atoms with Crippen molar-refractivity contribution < 1.29 is 8.69 Å². The van der Waals surface area contributed by atoms with E-state index in [9.17, 15) is 0 Å². The van der Waals surface area contributed by atoms with E-state index in [4.69, 9.17) is 8.69 Å². The molecule has 2 rings (SSSR count). The molecule has 1 aromatic carbocycles. The zero-order valence-corrected chi connectivity index (χ0v) is 45.9. The quantitative estimate of drug-likeness (QED) is 0.129. The zero-order chi connectivity index (χ0) is 36.9. The summed E-state index contributed by atoms with van der Waals surface area (Å²) in [7, 11) is -13.8. The molecule has 0 bridgehead atoms. The fraction of sp³-hybridized carbons (Fsp3) is 0.656. The third-order valence-electron chi connectivity index (χ3n) is 9.16. The molecule has 0 spiro atoms. The Morgan fingerprint density at radius 2 is 0.851 bits per heavy atom. The average molecular weight is 1020 g/mol. The Balaban J connectivity index is 3.64. The maximum Gasteiger partial charge on any atom is 0.441 e. The predicted molar refractivity (Wildman–Crippen MR) is 250 cm³/mol. The molecule has 0 N–H and O–H groups in total. The highest BCUT2D eigenvalue weighted by atomic mass is 79.9. The number of benzene rings is 1. The van der Waals surface area contributed by atoms with Gasteiger partial charge in [-0.1, -0.05) is 136 Å². The molecule has 264 valence electrons. The minimum Gasteiger partial charge on any atom is -0.432 e. The van der Waals surface area contributed by atoms with Crippen molar-refractivity contribution >= 4 is 134 Å². The minimum atomic E-state index is -3.43. The largest absolute Gasteiger partial charge is 0.441 e. The van der Waals surface area contributed by atoms with Crippen molar-refractivity contribution in [1.82, 2.24) is 0 Å². The van der Waals surface area contributed by atoms with Crippen molar-refractivity contribution in [2.45, 2.75) is 133 Å². The lowest BCUT2D eigenvalue weighted by molar-refractivity contribution is 0.452. The molecule has 0 unspecified atom stereocenters. The molecule has 47 heavy (non-hydrogen) atoms. The summed E-state index contributed by atoms with van der Waals surface area (Å²) in [5.41, 5.74) is 8.34. The molecule has 15 heteroatoms. The Hall–Kier alpha value is 1.97. The monoisotopic (exact) mass is 1010 g/mol. The van der Waals surface area contributed by atoms with E-state index in [1.807, 2.05) is 6.08 Å². The van der Waals surface area contributed by atoms with Gasteiger partial charge in [0.05, 0.1) is 0 Å². The number of hydrogen-bond donors (Lipinski definition) is 0. The molecular weight excluding hydrogens is 954 g/mol. The minimum absolute atomic E-state index is 0.379. The topological polar surface area (TPSA) is 18.5 Å². The lowest BCUT2D eigenvalue weighted by Crippen LogP contribution is -2.64. The molecule has 0 aliphatic heterocycles. The first-order valence-corrected chi connectivity index (χ1v) is 43.9. The van der Waals surface area contributed by atoms with E-state index in [-0.39, 0.29) is 9.13 Å². The molecule has 0 saturated heterocycles. The Morgan fingerprint density at radius 3 is 1.09 bits per heavy atom. The van der Waals surface area contributed by atoms with E-state index < -0.39 is 57.0 Å². The van der Waals surface area contributed by atoms with Crippen LogP contribution in [-0.4, -0.2) is 66.1 Å². The lowest BCUT2D eigenvalue weighted by Gasteiger charge is -2.48. The number of hydrogen-bond acceptors (Lipinski definition) is 2. The second kappa shape index (κ2) is 15.7. The molecule has 0 amide bonds. The molecule has 1 aliphatic rings. The standard InChI is InChI=1S/C32H62B2Br4O2Si7/c1-41(2,3)30(42(4,5)6)25-23-27(31(43(7,8)9)44(10,11)12)29(28(24-25)32(45(13,14)15)46(16,17)18)47(39-33(35)36,40-34(37)38)26-21-19-20-22-26/h19-21,23-24,30-32H,1-18H3. The third-order valence-corrected chi connectivity index (χ3v) is 42.6. The second-order valence-corrected chi connectivity index (χ2v) is 62.1. The van der Waals surface area contributed by atoms with Crippen molar-refractivity contribution in [3.8, 4) is 0 Å². The molecule has 0 aromatic heterocycles. The zero-order valence-electron chi connectivity index (χ0n) is 32.6. The van der Waals surface area contributed by atoms with Crippen molar-refractivity contribution in [2.75, 3.05) is 0 Å². The Morgan fingerprint density at radius 1 is 0.532 bits per heavy atom. The molecular formula is C32H62B2Br4O2Si7. The van der Waals surface area contributed by atoms with Crippen molar-refractivity contribution in [3.63, 3.8) is 0 Å². The molecule has 0 atom stereocenters. The Bertz CT molecular complexity index is 1270. The van der Waals surface area contributed by atoms with Gasteiger partial charge in [-0.2, -0.15) is 0 Å². The number of halogens is 4. The first kappa shape index (κ1) is 45.1. The summed E-state index contributed by atoms with van der Waals surface area (Å²) >= 11 is 15.2. The van der Waals surface area contributed by atoms with E-state index >= 15 is 0 Å². The summed E-state index contributed by atoms with van der Waals surface area (Å²) in [6.07, 6.45) is 6.32. The van der Waals surface area contributed by atoms with Crippen LogP contribution in [0.3, 0.4) is 0 Å². The average Bonchev–Trinajstić information content (AvgIpc) is 3.27. The maximum atomic E-state index is 7.28. The number of rotatable bonds is 15. The van der Waals surface area contributed by atoms with Crippen LogP contribution in [-0.2, 0) is 8.69 Å². The van der Waals surface area contributed by atoms with E-state index in [2.05, 4.69) is 211 Å². The molecule has 1 aliphatic carbocycles. The summed E-state index contributed by atoms with van der Waals surface area (Å²) in [5.74, 6) is 0. The van der Waals surface area contributed by atoms with E-state index in [0.717, 1.165) is 5.20 Å². The highest BCUT2D eigenvalue weighted by molar-refractivity contribution is 9.49. The predicted octanol–water partition coefficient (Wildman–Crippen LogP) is 12.6. The molecule has 0 fully saturated rings. The number of allylic oxidation sites excluding steroid dienone is 3. The molecule has 0 saturated carbocycles. The fourth-order valence-corrected chi connectivity index (χ4v) is 54.7. The van der Waals surface area contributed by atoms with Crippen LogP contribution in [0.25, 0.3) is 0 Å². The van der Waals surface area contributed by atoms with Gasteiger partial charge in [-0.15, -0.1) is 68.8 Å². The van der Waals surface area contributed by atoms with Crippen LogP contribution in [0, 0.1) is 0 Å². The summed E-state index contributed by atoms with van der Waals surface area (Å²) < 4.78 is 13.8. The first-order valence-electron chi connectivity index (χ1n) is 17.0. The van der Waals surface area contributed by atoms with Gasteiger partial charge in [0.15, 0.2) is 0 Å². The SMILES string of the molecule is C[Si](C)(C)C(c1cc(C([Si](C)(C)C)[Si](C)(C)C)c([Si](OB(Br)Br)(OB(Br)Br)C2=C=CC=C2)c(C([Si](C)(C)C)[Si](C)(C)C)c1)[Si](C)(C)C. The van der Waals surface area contributed by atoms with Crippen LogP contribution >= 0.6 is 63.0 Å². The van der Waals surface area contributed by atoms with Crippen LogP contribution in [0.1, 0.15) is 32.2 Å². The molecule has 1 aromatic rings. The van der Waals surface area contributed by atoms with Crippen molar-refractivity contribution in [1.29, 1.82) is 0 Å². The smallest absolute Gasteiger partial charge is 0.432 e. The van der Waals surface area contributed by atoms with Crippen LogP contribution < -0.4 is 5.19 Å². The van der Waals surface area contributed by atoms with Crippen molar-refractivity contribution in [3.05, 3.63) is 58.0 Å². The van der Waals surface area contributed by atoms with Crippen LogP contribution in [0.15, 0.2) is 41.3 Å². The Labute approximate surface area is 331 Å². The van der Waals surface area contributed by atoms with Gasteiger partial charge in [0.25, 0.3) is 0 Å². The van der Waals surface area contributed by atoms with Gasteiger partial charge in [-0.05, 0) is 44.3 Å². The highest BCUT2D eigenvalue weighted by Crippen LogP contribution is 2.46. The highest BCUT2D eigenvalue weighted by Gasteiger charge is 2.56. The van der Waals surface area contributed by atoms with E-state index in [0.29, 0.717) is 15.5 Å². The first-order chi connectivity index (χ1) is 20.8. The summed E-state index contributed by atoms with van der Waals surface area (Å²) in [4.78, 5) is 0. The fourth-order valence-electron chi connectivity index (χ4n) is 9.67. The van der Waals surface area contributed by atoms with Crippen LogP contribution in [0.2, 0.25) is 118 Å². The van der Waals surface area contributed by atoms with Gasteiger partial charge in [0.1, 0.15) is 0 Å². The van der Waals surface area contributed by atoms with Crippen LogP contribution in [0.5, 0.6) is 0 Å². The molecule has 2 nitrogen and oxygen atoms in total. The van der Waals surface area contributed by atoms with Gasteiger partial charge in [0.2, 0.25) is 0 Å². The normalized spacial score (nSPS) is 15.4. The summed E-state index contributed by atoms with van der Waals surface area (Å²) in [6.45, 7) is 46.9. The molecule has 0 heterocycles. The van der Waals surface area contributed by atoms with Gasteiger partial charge in [-0.25, -0.2) is 0 Å². The summed E-state index contributed by atoms with van der Waals surface area (Å²) in [5, 5.41) is 4.09. The second-order valence-electron chi connectivity index (χ2n) is 20.0. The van der Waals surface area contributed by atoms with E-state index in [1.54, 1.807) is 16.7 Å².